The van der Waals surface area contributed by atoms with Gasteiger partial charge in [0.15, 0.2) is 0 Å². The van der Waals surface area contributed by atoms with Crippen molar-refractivity contribution in [3.8, 4) is 0 Å². The number of aliphatic imine (C=N–C) groups is 1. The zero-order valence-electron chi connectivity index (χ0n) is 15.5. The second-order valence-electron chi connectivity index (χ2n) is 6.08. The van der Waals surface area contributed by atoms with Crippen LogP contribution in [0.5, 0.6) is 0 Å². The lowest BCUT2D eigenvalue weighted by Crippen LogP contribution is -2.36. The van der Waals surface area contributed by atoms with Crippen LogP contribution in [-0.2, 0) is 6.42 Å². The highest BCUT2D eigenvalue weighted by Crippen LogP contribution is 2.09. The molecular weight excluding hydrogens is 354 g/mol. The van der Waals surface area contributed by atoms with Crippen LogP contribution in [0.25, 0.3) is 0 Å². The number of nitrogens with zero attached hydrogens (tertiary/aromatic N) is 2. The Kier molecular flexibility index (Phi) is 6.30. The minimum absolute atomic E-state index is 0.128. The van der Waals surface area contributed by atoms with Crippen LogP contribution in [-0.4, -0.2) is 21.8 Å². The highest BCUT2D eigenvalue weighted by atomic mass is 16.2. The molecule has 0 fully saturated rings. The van der Waals surface area contributed by atoms with E-state index in [0.29, 0.717) is 17.7 Å². The number of amides is 1. The molecule has 142 valence electrons. The van der Waals surface area contributed by atoms with E-state index in [1.54, 1.807) is 24.3 Å². The zero-order valence-corrected chi connectivity index (χ0v) is 15.5. The van der Waals surface area contributed by atoms with Gasteiger partial charge in [0.25, 0.3) is 11.5 Å². The number of carbonyl (C=O) groups is 1. The molecule has 3 N–H and O–H groups in total. The lowest BCUT2D eigenvalue weighted by molar-refractivity contribution is 0.0977. The third-order valence-corrected chi connectivity index (χ3v) is 3.81. The van der Waals surface area contributed by atoms with E-state index in [0.717, 1.165) is 12.1 Å². The number of anilines is 1. The largest absolute Gasteiger partial charge is 0.326 e. The van der Waals surface area contributed by atoms with Crippen LogP contribution in [0.15, 0.2) is 76.5 Å². The molecule has 0 atom stereocenters. The summed E-state index contributed by atoms with van der Waals surface area (Å²) in [5.74, 6) is -0.0329. The van der Waals surface area contributed by atoms with Crippen LogP contribution >= 0.6 is 0 Å². The summed E-state index contributed by atoms with van der Waals surface area (Å²) < 4.78 is 0. The first-order valence-electron chi connectivity index (χ1n) is 9.01. The van der Waals surface area contributed by atoms with Gasteiger partial charge >= 0.3 is 0 Å². The average Bonchev–Trinajstić information content (AvgIpc) is 2.69. The molecule has 0 saturated carbocycles. The number of aromatic amines is 1. The molecule has 0 saturated heterocycles. The van der Waals surface area contributed by atoms with Crippen molar-refractivity contribution in [1.82, 2.24) is 15.3 Å². The quantitative estimate of drug-likeness (QED) is 0.471. The van der Waals surface area contributed by atoms with E-state index < -0.39 is 0 Å². The van der Waals surface area contributed by atoms with Gasteiger partial charge in [0.1, 0.15) is 0 Å². The Morgan fingerprint density at radius 1 is 1.07 bits per heavy atom. The van der Waals surface area contributed by atoms with Crippen LogP contribution in [0.2, 0.25) is 0 Å². The number of guanidine groups is 1. The topological polar surface area (TPSA) is 99.2 Å². The summed E-state index contributed by atoms with van der Waals surface area (Å²) in [5, 5.41) is 5.79. The number of rotatable bonds is 5. The van der Waals surface area contributed by atoms with Gasteiger partial charge in [-0.2, -0.15) is 4.99 Å². The van der Waals surface area contributed by atoms with Crippen molar-refractivity contribution in [2.75, 3.05) is 5.32 Å². The zero-order chi connectivity index (χ0) is 19.8. The van der Waals surface area contributed by atoms with Crippen LogP contribution in [0.4, 0.5) is 11.6 Å². The molecule has 1 aromatic heterocycles. The van der Waals surface area contributed by atoms with Crippen molar-refractivity contribution in [1.29, 1.82) is 0 Å². The third kappa shape index (κ3) is 5.38. The fourth-order valence-electron chi connectivity index (χ4n) is 2.55. The molecule has 0 radical (unpaired) electrons. The average molecular weight is 375 g/mol. The normalized spacial score (nSPS) is 11.1. The van der Waals surface area contributed by atoms with Crippen molar-refractivity contribution in [2.45, 2.75) is 19.8 Å². The Morgan fingerprint density at radius 2 is 1.75 bits per heavy atom. The molecule has 2 aromatic carbocycles. The first kappa shape index (κ1) is 19.0. The Balaban J connectivity index is 1.92. The molecule has 3 rings (SSSR count). The number of nitrogens with one attached hydrogen (secondary N) is 3. The van der Waals surface area contributed by atoms with Crippen molar-refractivity contribution < 1.29 is 4.79 Å². The van der Waals surface area contributed by atoms with Gasteiger partial charge in [0.05, 0.1) is 0 Å². The standard InChI is InChI=1S/C21H21N5O2/c1-2-9-17-14-18(27)24-20(23-17)26-21(22-16-12-7-4-8-13-16)25-19(28)15-10-5-3-6-11-15/h3-8,10-14H,2,9H2,1H3,(H3,22,23,24,25,26,27,28). The van der Waals surface area contributed by atoms with E-state index in [4.69, 9.17) is 0 Å². The van der Waals surface area contributed by atoms with E-state index in [2.05, 4.69) is 25.6 Å². The number of aromatic nitrogens is 2. The van der Waals surface area contributed by atoms with E-state index in [9.17, 15) is 9.59 Å². The SMILES string of the molecule is CCCc1cc(=O)[nH]c(N=C(NC(=O)c2ccccc2)Nc2ccccc2)n1. The molecule has 0 bridgehead atoms. The molecule has 3 aromatic rings. The van der Waals surface area contributed by atoms with Gasteiger partial charge in [0, 0.05) is 23.0 Å². The Bertz CT molecular complexity index is 1010. The smallest absolute Gasteiger partial charge is 0.257 e. The molecule has 0 aliphatic rings. The highest BCUT2D eigenvalue weighted by molar-refractivity contribution is 6.10. The Labute approximate surface area is 162 Å². The lowest BCUT2D eigenvalue weighted by atomic mass is 10.2. The summed E-state index contributed by atoms with van der Waals surface area (Å²) in [6.45, 7) is 2.01. The second-order valence-corrected chi connectivity index (χ2v) is 6.08. The summed E-state index contributed by atoms with van der Waals surface area (Å²) in [4.78, 5) is 35.7. The van der Waals surface area contributed by atoms with Gasteiger partial charge in [-0.1, -0.05) is 49.7 Å². The van der Waals surface area contributed by atoms with E-state index >= 15 is 0 Å². The number of para-hydroxylation sites is 1. The summed E-state index contributed by atoms with van der Waals surface area (Å²) in [6, 6.07) is 19.6. The maximum atomic E-state index is 12.5. The minimum atomic E-state index is -0.324. The van der Waals surface area contributed by atoms with Gasteiger partial charge in [0.2, 0.25) is 11.9 Å². The summed E-state index contributed by atoms with van der Waals surface area (Å²) in [6.07, 6.45) is 1.53. The Hall–Kier alpha value is -3.74. The molecular formula is C21H21N5O2. The first-order valence-corrected chi connectivity index (χ1v) is 9.01. The molecule has 0 unspecified atom stereocenters. The molecule has 1 heterocycles. The Morgan fingerprint density at radius 3 is 2.43 bits per heavy atom. The van der Waals surface area contributed by atoms with Crippen molar-refractivity contribution in [2.24, 2.45) is 4.99 Å². The van der Waals surface area contributed by atoms with E-state index in [1.165, 1.54) is 6.07 Å². The van der Waals surface area contributed by atoms with Crippen molar-refractivity contribution in [3.63, 3.8) is 0 Å². The number of benzene rings is 2. The number of aryl methyl sites for hydroxylation is 1. The number of hydrogen-bond acceptors (Lipinski definition) is 4. The predicted molar refractivity (Wildman–Crippen MR) is 110 cm³/mol. The fourth-order valence-corrected chi connectivity index (χ4v) is 2.55. The highest BCUT2D eigenvalue weighted by Gasteiger charge is 2.10. The molecule has 1 amide bonds. The molecule has 28 heavy (non-hydrogen) atoms. The maximum Gasteiger partial charge on any atom is 0.257 e. The van der Waals surface area contributed by atoms with Gasteiger partial charge in [-0.05, 0) is 30.7 Å². The number of carbonyl (C=O) groups excluding carboxylic acids is 1. The second kappa shape index (κ2) is 9.27. The van der Waals surface area contributed by atoms with Crippen molar-refractivity contribution >= 4 is 23.5 Å². The van der Waals surface area contributed by atoms with Crippen LogP contribution in [0, 0.1) is 0 Å². The van der Waals surface area contributed by atoms with Crippen molar-refractivity contribution in [3.05, 3.63) is 88.3 Å². The molecule has 7 heteroatoms. The first-order chi connectivity index (χ1) is 13.6. The summed E-state index contributed by atoms with van der Waals surface area (Å²) in [7, 11) is 0. The van der Waals surface area contributed by atoms with E-state index in [1.807, 2.05) is 43.3 Å². The van der Waals surface area contributed by atoms with Gasteiger partial charge < -0.3 is 5.32 Å². The van der Waals surface area contributed by atoms with Gasteiger partial charge in [-0.3, -0.25) is 19.9 Å². The maximum absolute atomic E-state index is 12.5. The molecule has 7 nitrogen and oxygen atoms in total. The van der Waals surface area contributed by atoms with Crippen LogP contribution in [0.1, 0.15) is 29.4 Å². The van der Waals surface area contributed by atoms with Crippen LogP contribution in [0.3, 0.4) is 0 Å². The van der Waals surface area contributed by atoms with E-state index in [-0.39, 0.29) is 23.4 Å². The fraction of sp³-hybridized carbons (Fsp3) is 0.143. The predicted octanol–water partition coefficient (Wildman–Crippen LogP) is 3.25. The minimum Gasteiger partial charge on any atom is -0.326 e. The van der Waals surface area contributed by atoms with Crippen LogP contribution < -0.4 is 16.2 Å². The molecule has 0 aliphatic heterocycles. The van der Waals surface area contributed by atoms with Gasteiger partial charge in [-0.25, -0.2) is 4.98 Å². The number of H-pyrrole nitrogens is 1. The monoisotopic (exact) mass is 375 g/mol. The summed E-state index contributed by atoms with van der Waals surface area (Å²) in [5.41, 5.74) is 1.59. The molecule has 0 spiro atoms. The van der Waals surface area contributed by atoms with Gasteiger partial charge in [-0.15, -0.1) is 0 Å². The summed E-state index contributed by atoms with van der Waals surface area (Å²) >= 11 is 0. The lowest BCUT2D eigenvalue weighted by Gasteiger charge is -2.11. The number of hydrogen-bond donors (Lipinski definition) is 3. The molecule has 0 aliphatic carbocycles. The third-order valence-electron chi connectivity index (χ3n) is 3.81.